The molecule has 0 bridgehead atoms. The maximum atomic E-state index is 12.8. The largest absolute Gasteiger partial charge is 0.453 e. The highest BCUT2D eigenvalue weighted by Gasteiger charge is 2.37. The monoisotopic (exact) mass is 371 g/mol. The van der Waals surface area contributed by atoms with Crippen LogP contribution < -0.4 is 5.32 Å². The van der Waals surface area contributed by atoms with Crippen molar-refractivity contribution in [3.05, 3.63) is 22.8 Å². The number of fused-ring (bicyclic) bond motifs is 1. The maximum Gasteiger partial charge on any atom is 0.453 e. The molecule has 7 nitrogen and oxygen atoms in total. The molecule has 3 heterocycles. The summed E-state index contributed by atoms with van der Waals surface area (Å²) in [6, 6.07) is 0. The first-order chi connectivity index (χ1) is 12.3. The van der Waals surface area contributed by atoms with Gasteiger partial charge in [0.05, 0.1) is 6.10 Å². The lowest BCUT2D eigenvalue weighted by atomic mass is 10.1. The fraction of sp³-hybridized carbons (Fsp3) is 0.625. The molecule has 3 rings (SSSR count). The van der Waals surface area contributed by atoms with E-state index in [1.807, 2.05) is 0 Å². The highest BCUT2D eigenvalue weighted by atomic mass is 19.4. The van der Waals surface area contributed by atoms with Crippen molar-refractivity contribution in [2.45, 2.75) is 51.8 Å². The van der Waals surface area contributed by atoms with E-state index in [4.69, 9.17) is 4.74 Å². The molecule has 0 radical (unpaired) electrons. The van der Waals surface area contributed by atoms with Gasteiger partial charge in [-0.1, -0.05) is 0 Å². The number of nitrogens with zero attached hydrogens (tertiary/aromatic N) is 4. The number of rotatable bonds is 5. The van der Waals surface area contributed by atoms with Crippen LogP contribution in [-0.4, -0.2) is 44.7 Å². The van der Waals surface area contributed by atoms with Crippen LogP contribution in [0.15, 0.2) is 0 Å². The molecule has 1 amide bonds. The van der Waals surface area contributed by atoms with E-state index in [0.717, 1.165) is 24.0 Å². The van der Waals surface area contributed by atoms with E-state index in [0.29, 0.717) is 29.9 Å². The summed E-state index contributed by atoms with van der Waals surface area (Å²) in [5.41, 5.74) is 1.74. The highest BCUT2D eigenvalue weighted by molar-refractivity contribution is 5.76. The summed E-state index contributed by atoms with van der Waals surface area (Å²) in [6.07, 6.45) is -2.05. The zero-order chi connectivity index (χ0) is 18.9. The Morgan fingerprint density at radius 1 is 1.35 bits per heavy atom. The second kappa shape index (κ2) is 7.18. The predicted octanol–water partition coefficient (Wildman–Crippen LogP) is 1.99. The SMILES string of the molecule is Cc1nc2nc(C(F)(F)F)nn2c(C)c1CCC(=O)NCC1CCCO1. The Labute approximate surface area is 148 Å². The normalized spacial score (nSPS) is 17.8. The van der Waals surface area contributed by atoms with Crippen LogP contribution in [0.2, 0.25) is 0 Å². The van der Waals surface area contributed by atoms with Gasteiger partial charge in [0.25, 0.3) is 11.6 Å². The lowest BCUT2D eigenvalue weighted by molar-refractivity contribution is -0.144. The van der Waals surface area contributed by atoms with Gasteiger partial charge in [-0.05, 0) is 38.7 Å². The van der Waals surface area contributed by atoms with Crippen LogP contribution >= 0.6 is 0 Å². The van der Waals surface area contributed by atoms with Gasteiger partial charge in [-0.2, -0.15) is 18.2 Å². The van der Waals surface area contributed by atoms with Crippen LogP contribution in [0.5, 0.6) is 0 Å². The summed E-state index contributed by atoms with van der Waals surface area (Å²) in [6.45, 7) is 4.54. The number of hydrogen-bond donors (Lipinski definition) is 1. The Balaban J connectivity index is 1.69. The van der Waals surface area contributed by atoms with Crippen molar-refractivity contribution in [2.75, 3.05) is 13.2 Å². The van der Waals surface area contributed by atoms with E-state index >= 15 is 0 Å². The molecule has 0 saturated carbocycles. The summed E-state index contributed by atoms with van der Waals surface area (Å²) in [5, 5.41) is 6.33. The number of carbonyl (C=O) groups is 1. The molecule has 1 aliphatic rings. The van der Waals surface area contributed by atoms with Crippen molar-refractivity contribution >= 4 is 11.7 Å². The van der Waals surface area contributed by atoms with Crippen LogP contribution in [0, 0.1) is 13.8 Å². The van der Waals surface area contributed by atoms with Crippen LogP contribution in [-0.2, 0) is 22.1 Å². The van der Waals surface area contributed by atoms with Crippen LogP contribution in [0.4, 0.5) is 13.2 Å². The van der Waals surface area contributed by atoms with Crippen LogP contribution in [0.25, 0.3) is 5.78 Å². The second-order valence-corrected chi connectivity index (χ2v) is 6.35. The third-order valence-corrected chi connectivity index (χ3v) is 4.46. The molecule has 2 aromatic heterocycles. The fourth-order valence-corrected chi connectivity index (χ4v) is 3.05. The van der Waals surface area contributed by atoms with Gasteiger partial charge in [0.2, 0.25) is 5.91 Å². The average Bonchev–Trinajstić information content (AvgIpc) is 3.21. The lowest BCUT2D eigenvalue weighted by Crippen LogP contribution is -2.32. The number of nitrogens with one attached hydrogen (secondary N) is 1. The molecule has 2 aromatic rings. The van der Waals surface area contributed by atoms with E-state index in [1.165, 1.54) is 0 Å². The number of carbonyl (C=O) groups excluding carboxylic acids is 1. The standard InChI is InChI=1S/C16H20F3N5O2/c1-9-12(5-6-13(25)20-8-11-4-3-7-26-11)10(2)24-15(21-9)22-14(23-24)16(17,18)19/h11H,3-8H2,1-2H3,(H,20,25). The smallest absolute Gasteiger partial charge is 0.376 e. The molecule has 1 saturated heterocycles. The lowest BCUT2D eigenvalue weighted by Gasteiger charge is -2.12. The molecule has 0 aliphatic carbocycles. The Morgan fingerprint density at radius 2 is 2.12 bits per heavy atom. The van der Waals surface area contributed by atoms with Crippen molar-refractivity contribution in [2.24, 2.45) is 0 Å². The van der Waals surface area contributed by atoms with E-state index in [1.54, 1.807) is 13.8 Å². The predicted molar refractivity (Wildman–Crippen MR) is 85.6 cm³/mol. The Hall–Kier alpha value is -2.23. The fourth-order valence-electron chi connectivity index (χ4n) is 3.05. The number of halogens is 3. The molecule has 0 aromatic carbocycles. The van der Waals surface area contributed by atoms with Crippen LogP contribution in [0.3, 0.4) is 0 Å². The van der Waals surface area contributed by atoms with Gasteiger partial charge >= 0.3 is 6.18 Å². The van der Waals surface area contributed by atoms with Gasteiger partial charge in [0, 0.05) is 31.0 Å². The third kappa shape index (κ3) is 3.95. The number of aromatic nitrogens is 4. The van der Waals surface area contributed by atoms with Gasteiger partial charge in [0.1, 0.15) is 0 Å². The Bertz CT molecular complexity index is 812. The van der Waals surface area contributed by atoms with Crippen molar-refractivity contribution in [3.63, 3.8) is 0 Å². The Kier molecular flexibility index (Phi) is 5.12. The number of amides is 1. The minimum absolute atomic E-state index is 0.0661. The topological polar surface area (TPSA) is 81.4 Å². The number of ether oxygens (including phenoxy) is 1. The number of alkyl halides is 3. The van der Waals surface area contributed by atoms with E-state index in [9.17, 15) is 18.0 Å². The number of hydrogen-bond acceptors (Lipinski definition) is 5. The van der Waals surface area contributed by atoms with E-state index in [-0.39, 0.29) is 24.2 Å². The van der Waals surface area contributed by atoms with E-state index in [2.05, 4.69) is 20.4 Å². The summed E-state index contributed by atoms with van der Waals surface area (Å²) in [5.74, 6) is -1.45. The summed E-state index contributed by atoms with van der Waals surface area (Å²) < 4.78 is 44.9. The highest BCUT2D eigenvalue weighted by Crippen LogP contribution is 2.27. The second-order valence-electron chi connectivity index (χ2n) is 6.35. The summed E-state index contributed by atoms with van der Waals surface area (Å²) in [4.78, 5) is 19.6. The molecule has 1 atom stereocenters. The molecule has 26 heavy (non-hydrogen) atoms. The zero-order valence-electron chi connectivity index (χ0n) is 14.6. The number of aryl methyl sites for hydroxylation is 2. The average molecular weight is 371 g/mol. The van der Waals surface area contributed by atoms with Crippen LogP contribution in [0.1, 0.15) is 42.0 Å². The van der Waals surface area contributed by atoms with Crippen molar-refractivity contribution in [3.8, 4) is 0 Å². The first-order valence-corrected chi connectivity index (χ1v) is 8.44. The molecule has 1 fully saturated rings. The van der Waals surface area contributed by atoms with Gasteiger partial charge < -0.3 is 10.1 Å². The minimum Gasteiger partial charge on any atom is -0.376 e. The van der Waals surface area contributed by atoms with Crippen molar-refractivity contribution in [1.29, 1.82) is 0 Å². The van der Waals surface area contributed by atoms with Gasteiger partial charge in [-0.3, -0.25) is 4.79 Å². The first-order valence-electron chi connectivity index (χ1n) is 8.44. The Morgan fingerprint density at radius 3 is 2.77 bits per heavy atom. The minimum atomic E-state index is -4.63. The zero-order valence-corrected chi connectivity index (χ0v) is 14.6. The summed E-state index contributed by atoms with van der Waals surface area (Å²) in [7, 11) is 0. The molecule has 142 valence electrons. The molecule has 1 N–H and O–H groups in total. The molecule has 0 spiro atoms. The van der Waals surface area contributed by atoms with Gasteiger partial charge in [0.15, 0.2) is 0 Å². The van der Waals surface area contributed by atoms with Gasteiger partial charge in [-0.25, -0.2) is 9.50 Å². The van der Waals surface area contributed by atoms with E-state index < -0.39 is 12.0 Å². The molecular formula is C16H20F3N5O2. The van der Waals surface area contributed by atoms with Crippen molar-refractivity contribution in [1.82, 2.24) is 24.9 Å². The maximum absolute atomic E-state index is 12.8. The molecule has 1 aliphatic heterocycles. The molecule has 1 unspecified atom stereocenters. The van der Waals surface area contributed by atoms with Crippen molar-refractivity contribution < 1.29 is 22.7 Å². The third-order valence-electron chi connectivity index (χ3n) is 4.46. The van der Waals surface area contributed by atoms with Gasteiger partial charge in [-0.15, -0.1) is 5.10 Å². The molecular weight excluding hydrogens is 351 g/mol. The first kappa shape index (κ1) is 18.6. The summed E-state index contributed by atoms with van der Waals surface area (Å²) >= 11 is 0. The molecule has 10 heteroatoms. The quantitative estimate of drug-likeness (QED) is 0.869.